The van der Waals surface area contributed by atoms with E-state index in [-0.39, 0.29) is 0 Å². The number of rotatable bonds is 4. The zero-order valence-electron chi connectivity index (χ0n) is 9.72. The number of aliphatic hydroxyl groups is 2. The van der Waals surface area contributed by atoms with Crippen molar-refractivity contribution < 1.29 is 10.2 Å². The van der Waals surface area contributed by atoms with Crippen molar-refractivity contribution in [1.29, 1.82) is 0 Å². The second-order valence-corrected chi connectivity index (χ2v) is 5.10. The van der Waals surface area contributed by atoms with Gasteiger partial charge in [0.15, 0.2) is 0 Å². The monoisotopic (exact) mass is 299 g/mol. The van der Waals surface area contributed by atoms with Crippen LogP contribution in [0.4, 0.5) is 5.69 Å². The number of benzene rings is 1. The van der Waals surface area contributed by atoms with Gasteiger partial charge in [-0.2, -0.15) is 0 Å². The number of nitrogens with zero attached hydrogens (tertiary/aromatic N) is 1. The summed E-state index contributed by atoms with van der Waals surface area (Å²) in [6, 6.07) is 7.82. The minimum atomic E-state index is -0.818. The fourth-order valence-electron chi connectivity index (χ4n) is 2.16. The fraction of sp³-hybridized carbons (Fsp3) is 0.538. The Balaban J connectivity index is 2.06. The first-order valence-electron chi connectivity index (χ1n) is 5.99. The molecule has 2 unspecified atom stereocenters. The van der Waals surface area contributed by atoms with E-state index in [0.717, 1.165) is 18.7 Å². The van der Waals surface area contributed by atoms with Gasteiger partial charge in [-0.15, -0.1) is 0 Å². The van der Waals surface area contributed by atoms with Crippen LogP contribution in [0.3, 0.4) is 0 Å². The lowest BCUT2D eigenvalue weighted by Crippen LogP contribution is -2.20. The Bertz CT molecular complexity index is 349. The van der Waals surface area contributed by atoms with Gasteiger partial charge in [-0.3, -0.25) is 0 Å². The molecule has 1 aromatic rings. The largest absolute Gasteiger partial charge is 0.389 e. The molecule has 3 nitrogen and oxygen atoms in total. The van der Waals surface area contributed by atoms with E-state index in [4.69, 9.17) is 0 Å². The van der Waals surface area contributed by atoms with Crippen LogP contribution in [0.1, 0.15) is 24.5 Å². The number of anilines is 1. The molecule has 0 aromatic heterocycles. The molecule has 17 heavy (non-hydrogen) atoms. The van der Waals surface area contributed by atoms with Crippen molar-refractivity contribution in [3.63, 3.8) is 0 Å². The molecule has 2 atom stereocenters. The summed E-state index contributed by atoms with van der Waals surface area (Å²) >= 11 is 3.16. The van der Waals surface area contributed by atoms with Crippen LogP contribution in [-0.2, 0) is 0 Å². The summed E-state index contributed by atoms with van der Waals surface area (Å²) in [5.74, 6) is 0. The van der Waals surface area contributed by atoms with Gasteiger partial charge in [0, 0.05) is 24.1 Å². The van der Waals surface area contributed by atoms with Crippen LogP contribution in [0.15, 0.2) is 24.3 Å². The standard InChI is InChI=1S/C13H18BrNO2/c14-9-12(16)13(17)10-3-5-11(6-4-10)15-7-1-2-8-15/h3-6,12-13,16-17H,1-2,7-9H2. The molecule has 2 rings (SSSR count). The molecule has 1 aliphatic rings. The summed E-state index contributed by atoms with van der Waals surface area (Å²) in [5.41, 5.74) is 1.96. The summed E-state index contributed by atoms with van der Waals surface area (Å²) < 4.78 is 0. The van der Waals surface area contributed by atoms with Gasteiger partial charge in [0.1, 0.15) is 6.10 Å². The Morgan fingerprint density at radius 1 is 1.12 bits per heavy atom. The van der Waals surface area contributed by atoms with Crippen molar-refractivity contribution in [3.8, 4) is 0 Å². The average Bonchev–Trinajstić information content (AvgIpc) is 2.91. The van der Waals surface area contributed by atoms with Crippen molar-refractivity contribution in [2.24, 2.45) is 0 Å². The van der Waals surface area contributed by atoms with E-state index in [0.29, 0.717) is 5.33 Å². The summed E-state index contributed by atoms with van der Waals surface area (Å²) in [6.45, 7) is 2.23. The van der Waals surface area contributed by atoms with E-state index in [1.165, 1.54) is 18.5 Å². The van der Waals surface area contributed by atoms with Crippen LogP contribution in [-0.4, -0.2) is 34.7 Å². The zero-order valence-corrected chi connectivity index (χ0v) is 11.3. The fourth-order valence-corrected chi connectivity index (χ4v) is 2.52. The van der Waals surface area contributed by atoms with E-state index < -0.39 is 12.2 Å². The van der Waals surface area contributed by atoms with Crippen LogP contribution < -0.4 is 4.90 Å². The smallest absolute Gasteiger partial charge is 0.106 e. The molecule has 0 bridgehead atoms. The Morgan fingerprint density at radius 3 is 2.24 bits per heavy atom. The van der Waals surface area contributed by atoms with Gasteiger partial charge in [-0.1, -0.05) is 28.1 Å². The molecular formula is C13H18BrNO2. The summed E-state index contributed by atoms with van der Waals surface area (Å²) in [5, 5.41) is 19.8. The van der Waals surface area contributed by atoms with Gasteiger partial charge in [0.2, 0.25) is 0 Å². The number of alkyl halides is 1. The quantitative estimate of drug-likeness (QED) is 0.837. The molecule has 1 heterocycles. The zero-order chi connectivity index (χ0) is 12.3. The molecule has 1 aliphatic heterocycles. The second-order valence-electron chi connectivity index (χ2n) is 4.45. The number of hydrogen-bond acceptors (Lipinski definition) is 3. The van der Waals surface area contributed by atoms with Gasteiger partial charge in [-0.25, -0.2) is 0 Å². The first-order chi connectivity index (χ1) is 8.22. The van der Waals surface area contributed by atoms with Crippen LogP contribution in [0, 0.1) is 0 Å². The maximum Gasteiger partial charge on any atom is 0.106 e. The third-order valence-corrected chi connectivity index (χ3v) is 3.89. The molecule has 1 fully saturated rings. The van der Waals surface area contributed by atoms with Crippen LogP contribution in [0.25, 0.3) is 0 Å². The van der Waals surface area contributed by atoms with Crippen LogP contribution >= 0.6 is 15.9 Å². The molecule has 0 aliphatic carbocycles. The van der Waals surface area contributed by atoms with Gasteiger partial charge >= 0.3 is 0 Å². The van der Waals surface area contributed by atoms with Gasteiger partial charge in [-0.05, 0) is 30.5 Å². The minimum Gasteiger partial charge on any atom is -0.389 e. The Kier molecular flexibility index (Phi) is 4.42. The molecule has 1 aromatic carbocycles. The maximum atomic E-state index is 9.85. The first-order valence-corrected chi connectivity index (χ1v) is 7.11. The molecule has 0 radical (unpaired) electrons. The molecule has 4 heteroatoms. The predicted octanol–water partition coefficient (Wildman–Crippen LogP) is 2.08. The molecule has 0 amide bonds. The topological polar surface area (TPSA) is 43.7 Å². The predicted molar refractivity (Wildman–Crippen MR) is 72.6 cm³/mol. The summed E-state index contributed by atoms with van der Waals surface area (Å²) in [7, 11) is 0. The summed E-state index contributed by atoms with van der Waals surface area (Å²) in [6.07, 6.45) is 0.939. The highest BCUT2D eigenvalue weighted by Gasteiger charge is 2.18. The second kappa shape index (κ2) is 5.85. The first kappa shape index (κ1) is 12.9. The highest BCUT2D eigenvalue weighted by Crippen LogP contribution is 2.24. The van der Waals surface area contributed by atoms with Crippen molar-refractivity contribution in [1.82, 2.24) is 0 Å². The van der Waals surface area contributed by atoms with Gasteiger partial charge < -0.3 is 15.1 Å². The normalized spacial score (nSPS) is 19.4. The Hall–Kier alpha value is -0.580. The third kappa shape index (κ3) is 3.00. The number of hydrogen-bond donors (Lipinski definition) is 2. The van der Waals surface area contributed by atoms with Crippen molar-refractivity contribution >= 4 is 21.6 Å². The molecule has 1 saturated heterocycles. The summed E-state index contributed by atoms with van der Waals surface area (Å²) in [4.78, 5) is 2.34. The molecule has 0 spiro atoms. The van der Waals surface area contributed by atoms with Crippen LogP contribution in [0.2, 0.25) is 0 Å². The number of halogens is 1. The van der Waals surface area contributed by atoms with Crippen LogP contribution in [0.5, 0.6) is 0 Å². The molecular weight excluding hydrogens is 282 g/mol. The molecule has 2 N–H and O–H groups in total. The van der Waals surface area contributed by atoms with Gasteiger partial charge in [0.25, 0.3) is 0 Å². The minimum absolute atomic E-state index is 0.377. The lowest BCUT2D eigenvalue weighted by molar-refractivity contribution is 0.0343. The lowest BCUT2D eigenvalue weighted by atomic mass is 10.1. The van der Waals surface area contributed by atoms with Crippen molar-refractivity contribution in [2.45, 2.75) is 25.0 Å². The maximum absolute atomic E-state index is 9.85. The van der Waals surface area contributed by atoms with E-state index in [9.17, 15) is 10.2 Å². The third-order valence-electron chi connectivity index (χ3n) is 3.23. The van der Waals surface area contributed by atoms with E-state index in [2.05, 4.69) is 20.8 Å². The highest BCUT2D eigenvalue weighted by molar-refractivity contribution is 9.09. The molecule has 0 saturated carbocycles. The molecule has 94 valence electrons. The lowest BCUT2D eigenvalue weighted by Gasteiger charge is -2.20. The van der Waals surface area contributed by atoms with Gasteiger partial charge in [0.05, 0.1) is 6.10 Å². The average molecular weight is 300 g/mol. The van der Waals surface area contributed by atoms with E-state index >= 15 is 0 Å². The van der Waals surface area contributed by atoms with Crippen molar-refractivity contribution in [3.05, 3.63) is 29.8 Å². The van der Waals surface area contributed by atoms with E-state index in [1.807, 2.05) is 24.3 Å². The number of aliphatic hydroxyl groups excluding tert-OH is 2. The highest BCUT2D eigenvalue weighted by atomic mass is 79.9. The Morgan fingerprint density at radius 2 is 1.71 bits per heavy atom. The van der Waals surface area contributed by atoms with Crippen molar-refractivity contribution in [2.75, 3.05) is 23.3 Å². The van der Waals surface area contributed by atoms with E-state index in [1.54, 1.807) is 0 Å². The Labute approximate surface area is 110 Å². The SMILES string of the molecule is OC(CBr)C(O)c1ccc(N2CCCC2)cc1.